The van der Waals surface area contributed by atoms with Gasteiger partial charge in [0.15, 0.2) is 0 Å². The number of thioether (sulfide) groups is 1. The molecule has 1 amide bonds. The molecule has 2 saturated heterocycles. The number of hydrogen-bond acceptors (Lipinski definition) is 4. The molecule has 0 aromatic carbocycles. The molecule has 2 unspecified atom stereocenters. The lowest BCUT2D eigenvalue weighted by atomic mass is 9.83. The van der Waals surface area contributed by atoms with Gasteiger partial charge in [-0.15, -0.1) is 11.8 Å². The van der Waals surface area contributed by atoms with Gasteiger partial charge in [0, 0.05) is 24.7 Å². The maximum Gasteiger partial charge on any atom is 0.311 e. The summed E-state index contributed by atoms with van der Waals surface area (Å²) in [6.45, 7) is 2.94. The number of aliphatic carboxylic acids is 1. The molecular formula is C12H20N2O3S. The zero-order valence-corrected chi connectivity index (χ0v) is 11.5. The molecule has 102 valence electrons. The van der Waals surface area contributed by atoms with Crippen molar-refractivity contribution in [1.82, 2.24) is 10.2 Å². The lowest BCUT2D eigenvalue weighted by Crippen LogP contribution is -2.45. The Morgan fingerprint density at radius 2 is 2.33 bits per heavy atom. The largest absolute Gasteiger partial charge is 0.481 e. The minimum absolute atomic E-state index is 0.0687. The summed E-state index contributed by atoms with van der Waals surface area (Å²) in [6.07, 6.45) is 2.08. The topological polar surface area (TPSA) is 69.6 Å². The van der Waals surface area contributed by atoms with Gasteiger partial charge in [-0.25, -0.2) is 0 Å². The van der Waals surface area contributed by atoms with Crippen LogP contribution in [0, 0.1) is 5.41 Å². The fourth-order valence-corrected chi connectivity index (χ4v) is 3.73. The van der Waals surface area contributed by atoms with Crippen molar-refractivity contribution in [3.05, 3.63) is 0 Å². The molecule has 2 heterocycles. The molecule has 2 atom stereocenters. The van der Waals surface area contributed by atoms with Gasteiger partial charge in [-0.05, 0) is 12.8 Å². The van der Waals surface area contributed by atoms with E-state index in [0.717, 1.165) is 18.1 Å². The van der Waals surface area contributed by atoms with Crippen molar-refractivity contribution in [1.29, 1.82) is 0 Å². The number of nitrogens with zero attached hydrogens (tertiary/aromatic N) is 1. The minimum Gasteiger partial charge on any atom is -0.481 e. The summed E-state index contributed by atoms with van der Waals surface area (Å²) in [5, 5.41) is 12.5. The molecule has 18 heavy (non-hydrogen) atoms. The van der Waals surface area contributed by atoms with E-state index in [4.69, 9.17) is 0 Å². The van der Waals surface area contributed by atoms with Gasteiger partial charge in [-0.2, -0.15) is 0 Å². The highest BCUT2D eigenvalue weighted by molar-refractivity contribution is 7.99. The average molecular weight is 272 g/mol. The maximum atomic E-state index is 12.2. The van der Waals surface area contributed by atoms with E-state index in [2.05, 4.69) is 5.32 Å². The van der Waals surface area contributed by atoms with Crippen molar-refractivity contribution in [2.75, 3.05) is 24.7 Å². The van der Waals surface area contributed by atoms with Crippen LogP contribution < -0.4 is 5.32 Å². The quantitative estimate of drug-likeness (QED) is 0.790. The van der Waals surface area contributed by atoms with Crippen LogP contribution in [0.15, 0.2) is 0 Å². The molecule has 2 aliphatic rings. The second-order valence-electron chi connectivity index (χ2n) is 5.12. The van der Waals surface area contributed by atoms with E-state index >= 15 is 0 Å². The first-order valence-corrected chi connectivity index (χ1v) is 7.58. The molecule has 2 fully saturated rings. The maximum absolute atomic E-state index is 12.2. The van der Waals surface area contributed by atoms with Crippen LogP contribution in [0.25, 0.3) is 0 Å². The van der Waals surface area contributed by atoms with Gasteiger partial charge in [0.2, 0.25) is 5.91 Å². The van der Waals surface area contributed by atoms with Crippen molar-refractivity contribution in [2.24, 2.45) is 5.41 Å². The standard InChI is InChI=1S/C12H20N2O3S/c1-2-3-12(11(16)17)4-5-14(7-12)10(15)9-6-18-8-13-9/h9,13H,2-8H2,1H3,(H,16,17). The highest BCUT2D eigenvalue weighted by Gasteiger charge is 2.46. The summed E-state index contributed by atoms with van der Waals surface area (Å²) in [6, 6.07) is -0.124. The van der Waals surface area contributed by atoms with E-state index in [1.165, 1.54) is 0 Å². The van der Waals surface area contributed by atoms with Crippen molar-refractivity contribution < 1.29 is 14.7 Å². The van der Waals surface area contributed by atoms with Crippen molar-refractivity contribution in [2.45, 2.75) is 32.2 Å². The van der Waals surface area contributed by atoms with Gasteiger partial charge < -0.3 is 10.0 Å². The highest BCUT2D eigenvalue weighted by atomic mass is 32.2. The first-order valence-electron chi connectivity index (χ1n) is 6.42. The third kappa shape index (κ3) is 2.49. The predicted molar refractivity (Wildman–Crippen MR) is 70.4 cm³/mol. The number of rotatable bonds is 4. The van der Waals surface area contributed by atoms with Gasteiger partial charge in [0.25, 0.3) is 0 Å². The molecule has 5 nitrogen and oxygen atoms in total. The van der Waals surface area contributed by atoms with Crippen molar-refractivity contribution in [3.63, 3.8) is 0 Å². The van der Waals surface area contributed by atoms with Crippen LogP contribution in [-0.2, 0) is 9.59 Å². The molecule has 0 bridgehead atoms. The molecule has 0 saturated carbocycles. The summed E-state index contributed by atoms with van der Waals surface area (Å²) in [5.74, 6) is 0.916. The first-order chi connectivity index (χ1) is 8.59. The molecule has 6 heteroatoms. The number of amides is 1. The Balaban J connectivity index is 2.01. The van der Waals surface area contributed by atoms with Crippen LogP contribution in [0.5, 0.6) is 0 Å². The fraction of sp³-hybridized carbons (Fsp3) is 0.833. The second kappa shape index (κ2) is 5.48. The third-order valence-corrected chi connectivity index (χ3v) is 4.80. The first kappa shape index (κ1) is 13.7. The van der Waals surface area contributed by atoms with Crippen molar-refractivity contribution in [3.8, 4) is 0 Å². The predicted octanol–water partition coefficient (Wildman–Crippen LogP) is 0.752. The normalized spacial score (nSPS) is 31.8. The molecule has 2 aliphatic heterocycles. The van der Waals surface area contributed by atoms with Gasteiger partial charge in [0.05, 0.1) is 11.5 Å². The lowest BCUT2D eigenvalue weighted by Gasteiger charge is -2.25. The van der Waals surface area contributed by atoms with E-state index in [-0.39, 0.29) is 11.9 Å². The van der Waals surface area contributed by atoms with Gasteiger partial charge in [0.1, 0.15) is 0 Å². The molecule has 0 spiro atoms. The molecule has 0 aromatic rings. The summed E-state index contributed by atoms with van der Waals surface area (Å²) in [7, 11) is 0. The Morgan fingerprint density at radius 1 is 1.56 bits per heavy atom. The Kier molecular flexibility index (Phi) is 4.17. The SMILES string of the molecule is CCCC1(C(=O)O)CCN(C(=O)C2CSCN2)C1. The summed E-state index contributed by atoms with van der Waals surface area (Å²) in [5.41, 5.74) is -0.712. The second-order valence-corrected chi connectivity index (χ2v) is 6.15. The lowest BCUT2D eigenvalue weighted by molar-refractivity contribution is -0.149. The Hall–Kier alpha value is -0.750. The number of carboxylic acid groups (broad SMARTS) is 1. The number of nitrogens with one attached hydrogen (secondary N) is 1. The summed E-state index contributed by atoms with van der Waals surface area (Å²) in [4.78, 5) is 25.4. The summed E-state index contributed by atoms with van der Waals surface area (Å²) < 4.78 is 0. The van der Waals surface area contributed by atoms with E-state index in [0.29, 0.717) is 25.9 Å². The summed E-state index contributed by atoms with van der Waals surface area (Å²) >= 11 is 1.71. The van der Waals surface area contributed by atoms with E-state index in [9.17, 15) is 14.7 Å². The van der Waals surface area contributed by atoms with Crippen LogP contribution in [0.4, 0.5) is 0 Å². The van der Waals surface area contributed by atoms with Crippen molar-refractivity contribution >= 4 is 23.6 Å². The minimum atomic E-state index is -0.756. The highest BCUT2D eigenvalue weighted by Crippen LogP contribution is 2.36. The van der Waals surface area contributed by atoms with E-state index in [1.807, 2.05) is 6.92 Å². The Bertz CT molecular complexity index is 344. The van der Waals surface area contributed by atoms with Gasteiger partial charge in [-0.1, -0.05) is 13.3 Å². The molecular weight excluding hydrogens is 252 g/mol. The molecule has 2 N–H and O–H groups in total. The van der Waals surface area contributed by atoms with Crippen LogP contribution >= 0.6 is 11.8 Å². The van der Waals surface area contributed by atoms with Gasteiger partial charge in [-0.3, -0.25) is 14.9 Å². The fourth-order valence-electron chi connectivity index (χ4n) is 2.80. The zero-order valence-electron chi connectivity index (χ0n) is 10.6. The number of likely N-dealkylation sites (tertiary alicyclic amines) is 1. The molecule has 0 aromatic heterocycles. The van der Waals surface area contributed by atoms with Crippen LogP contribution in [0.3, 0.4) is 0 Å². The van der Waals surface area contributed by atoms with Crippen LogP contribution in [0.2, 0.25) is 0 Å². The smallest absolute Gasteiger partial charge is 0.311 e. The Morgan fingerprint density at radius 3 is 2.89 bits per heavy atom. The number of carbonyl (C=O) groups is 2. The van der Waals surface area contributed by atoms with Crippen LogP contribution in [0.1, 0.15) is 26.2 Å². The Labute approximate surface area is 111 Å². The molecule has 2 rings (SSSR count). The monoisotopic (exact) mass is 272 g/mol. The van der Waals surface area contributed by atoms with E-state index < -0.39 is 11.4 Å². The average Bonchev–Trinajstić information content (AvgIpc) is 2.98. The molecule has 0 aliphatic carbocycles. The van der Waals surface area contributed by atoms with Gasteiger partial charge >= 0.3 is 5.97 Å². The number of carbonyl (C=O) groups excluding carboxylic acids is 1. The number of hydrogen-bond donors (Lipinski definition) is 2. The number of carboxylic acids is 1. The zero-order chi connectivity index (χ0) is 13.2. The third-order valence-electron chi connectivity index (χ3n) is 3.86. The molecule has 0 radical (unpaired) electrons. The van der Waals surface area contributed by atoms with E-state index in [1.54, 1.807) is 16.7 Å². The van der Waals surface area contributed by atoms with Crippen LogP contribution in [-0.4, -0.2) is 52.6 Å².